The summed E-state index contributed by atoms with van der Waals surface area (Å²) in [5, 5.41) is 11.8. The van der Waals surface area contributed by atoms with Gasteiger partial charge in [0.05, 0.1) is 6.61 Å². The number of aliphatic hydroxyl groups excluding tert-OH is 1. The molecule has 0 spiro atoms. The number of nitrogens with zero attached hydrogens (tertiary/aromatic N) is 2. The van der Waals surface area contributed by atoms with E-state index in [1.165, 1.54) is 75.2 Å². The van der Waals surface area contributed by atoms with Crippen LogP contribution in [0.25, 0.3) is 0 Å². The van der Waals surface area contributed by atoms with Crippen LogP contribution < -0.4 is 11.0 Å². The third-order valence-electron chi connectivity index (χ3n) is 5.86. The summed E-state index contributed by atoms with van der Waals surface area (Å²) < 4.78 is 6.83. The molecular formula is C25H41N3O4. The predicted molar refractivity (Wildman–Crippen MR) is 128 cm³/mol. The lowest BCUT2D eigenvalue weighted by Gasteiger charge is -2.15. The summed E-state index contributed by atoms with van der Waals surface area (Å²) in [6.07, 6.45) is 20.9. The maximum Gasteiger partial charge on any atom is 0.351 e. The van der Waals surface area contributed by atoms with E-state index in [0.717, 1.165) is 12.8 Å². The fraction of sp³-hybridized carbons (Fsp3) is 0.720. The molecule has 1 aliphatic rings. The molecule has 7 heteroatoms. The third-order valence-corrected chi connectivity index (χ3v) is 5.86. The van der Waals surface area contributed by atoms with Crippen LogP contribution in [0.4, 0.5) is 5.82 Å². The highest BCUT2D eigenvalue weighted by molar-refractivity contribution is 5.89. The fourth-order valence-electron chi connectivity index (χ4n) is 3.94. The van der Waals surface area contributed by atoms with E-state index in [4.69, 9.17) is 9.84 Å². The first-order valence-electron chi connectivity index (χ1n) is 12.5. The van der Waals surface area contributed by atoms with Crippen LogP contribution in [0.1, 0.15) is 103 Å². The van der Waals surface area contributed by atoms with E-state index in [2.05, 4.69) is 17.2 Å². The minimum atomic E-state index is -0.581. The average Bonchev–Trinajstić information content (AvgIpc) is 3.26. The monoisotopic (exact) mass is 447 g/mol. The van der Waals surface area contributed by atoms with E-state index < -0.39 is 18.0 Å². The van der Waals surface area contributed by atoms with Gasteiger partial charge in [0.15, 0.2) is 6.23 Å². The molecule has 0 aliphatic carbocycles. The molecule has 0 bridgehead atoms. The highest BCUT2D eigenvalue weighted by Crippen LogP contribution is 2.19. The van der Waals surface area contributed by atoms with Crippen LogP contribution in [0, 0.1) is 0 Å². The molecule has 180 valence electrons. The Morgan fingerprint density at radius 3 is 2.12 bits per heavy atom. The van der Waals surface area contributed by atoms with E-state index in [0.29, 0.717) is 6.42 Å². The van der Waals surface area contributed by atoms with Crippen molar-refractivity contribution in [1.29, 1.82) is 0 Å². The van der Waals surface area contributed by atoms with Crippen LogP contribution in [-0.2, 0) is 9.53 Å². The zero-order valence-electron chi connectivity index (χ0n) is 19.6. The number of carbonyl (C=O) groups is 1. The second-order valence-corrected chi connectivity index (χ2v) is 8.68. The molecule has 0 radical (unpaired) electrons. The minimum absolute atomic E-state index is 0.116. The van der Waals surface area contributed by atoms with Crippen molar-refractivity contribution in [3.05, 3.63) is 34.9 Å². The first-order valence-corrected chi connectivity index (χ1v) is 12.5. The lowest BCUT2D eigenvalue weighted by atomic mass is 10.0. The maximum absolute atomic E-state index is 12.2. The molecule has 2 N–H and O–H groups in total. The van der Waals surface area contributed by atoms with Crippen LogP contribution in [0.15, 0.2) is 29.2 Å². The summed E-state index contributed by atoms with van der Waals surface area (Å²) in [7, 11) is 0. The molecule has 2 rings (SSSR count). The zero-order chi connectivity index (χ0) is 23.0. The normalized spacial score (nSPS) is 17.7. The minimum Gasteiger partial charge on any atom is -0.393 e. The second kappa shape index (κ2) is 15.8. The van der Waals surface area contributed by atoms with Crippen LogP contribution >= 0.6 is 0 Å². The molecule has 2 heterocycles. The number of aliphatic hydroxyl groups is 1. The number of hydrogen-bond acceptors (Lipinski definition) is 5. The molecule has 0 fully saturated rings. The summed E-state index contributed by atoms with van der Waals surface area (Å²) >= 11 is 0. The van der Waals surface area contributed by atoms with Crippen molar-refractivity contribution in [3.63, 3.8) is 0 Å². The van der Waals surface area contributed by atoms with Crippen molar-refractivity contribution in [3.8, 4) is 0 Å². The van der Waals surface area contributed by atoms with Crippen molar-refractivity contribution in [1.82, 2.24) is 9.55 Å². The fourth-order valence-corrected chi connectivity index (χ4v) is 3.94. The van der Waals surface area contributed by atoms with Gasteiger partial charge in [-0.2, -0.15) is 4.98 Å². The van der Waals surface area contributed by atoms with Crippen molar-refractivity contribution in [2.75, 3.05) is 11.9 Å². The lowest BCUT2D eigenvalue weighted by molar-refractivity contribution is -0.116. The molecule has 1 aromatic rings. The molecule has 0 saturated carbocycles. The average molecular weight is 448 g/mol. The van der Waals surface area contributed by atoms with Gasteiger partial charge < -0.3 is 15.2 Å². The Kier molecular flexibility index (Phi) is 12.9. The molecule has 2 atom stereocenters. The molecular weight excluding hydrogens is 406 g/mol. The number of ether oxygens (including phenoxy) is 1. The Labute approximate surface area is 192 Å². The van der Waals surface area contributed by atoms with Gasteiger partial charge in [-0.1, -0.05) is 90.0 Å². The summed E-state index contributed by atoms with van der Waals surface area (Å²) in [5.74, 6) is 0.140. The molecule has 0 saturated heterocycles. The van der Waals surface area contributed by atoms with Gasteiger partial charge in [0.25, 0.3) is 0 Å². The number of rotatable bonds is 17. The Morgan fingerprint density at radius 2 is 1.59 bits per heavy atom. The van der Waals surface area contributed by atoms with Gasteiger partial charge in [-0.05, 0) is 18.6 Å². The first kappa shape index (κ1) is 26.3. The third kappa shape index (κ3) is 10.1. The van der Waals surface area contributed by atoms with E-state index in [9.17, 15) is 9.59 Å². The molecule has 1 aromatic heterocycles. The van der Waals surface area contributed by atoms with Gasteiger partial charge in [-0.15, -0.1) is 0 Å². The standard InChI is InChI=1S/C25H41N3O4/c1-2-3-4-5-6-7-8-9-10-11-12-13-14-15-23(30)26-22-18-19-28(25(31)27-22)24-17-16-21(20-29)32-24/h16-19,21,24,29H,2-15,20H2,1H3,(H,26,27,30,31)/t21-,24+/m0/s1. The molecule has 0 aromatic carbocycles. The highest BCUT2D eigenvalue weighted by Gasteiger charge is 2.21. The van der Waals surface area contributed by atoms with Crippen molar-refractivity contribution in [2.24, 2.45) is 0 Å². The topological polar surface area (TPSA) is 93.5 Å². The number of anilines is 1. The van der Waals surface area contributed by atoms with Crippen LogP contribution in [0.5, 0.6) is 0 Å². The Bertz CT molecular complexity index is 747. The van der Waals surface area contributed by atoms with Gasteiger partial charge in [0.1, 0.15) is 11.9 Å². The smallest absolute Gasteiger partial charge is 0.351 e. The van der Waals surface area contributed by atoms with E-state index >= 15 is 0 Å². The van der Waals surface area contributed by atoms with Crippen LogP contribution in [-0.4, -0.2) is 33.3 Å². The summed E-state index contributed by atoms with van der Waals surface area (Å²) in [6, 6.07) is 1.59. The van der Waals surface area contributed by atoms with E-state index in [1.54, 1.807) is 24.4 Å². The van der Waals surface area contributed by atoms with E-state index in [-0.39, 0.29) is 18.3 Å². The van der Waals surface area contributed by atoms with Gasteiger partial charge in [0, 0.05) is 12.6 Å². The first-order chi connectivity index (χ1) is 15.6. The molecule has 7 nitrogen and oxygen atoms in total. The van der Waals surface area contributed by atoms with Gasteiger partial charge >= 0.3 is 5.69 Å². The lowest BCUT2D eigenvalue weighted by Crippen LogP contribution is -2.28. The second-order valence-electron chi connectivity index (χ2n) is 8.68. The van der Waals surface area contributed by atoms with E-state index in [1.807, 2.05) is 0 Å². The van der Waals surface area contributed by atoms with Crippen LogP contribution in [0.3, 0.4) is 0 Å². The van der Waals surface area contributed by atoms with Gasteiger partial charge in [-0.3, -0.25) is 9.36 Å². The highest BCUT2D eigenvalue weighted by atomic mass is 16.5. The molecule has 1 amide bonds. The maximum atomic E-state index is 12.2. The number of aromatic nitrogens is 2. The van der Waals surface area contributed by atoms with Crippen LogP contribution in [0.2, 0.25) is 0 Å². The Morgan fingerprint density at radius 1 is 1.00 bits per heavy atom. The van der Waals surface area contributed by atoms with Gasteiger partial charge in [0.2, 0.25) is 5.91 Å². The predicted octanol–water partition coefficient (Wildman–Crippen LogP) is 5.11. The quantitative estimate of drug-likeness (QED) is 0.256. The number of hydrogen-bond donors (Lipinski definition) is 2. The largest absolute Gasteiger partial charge is 0.393 e. The van der Waals surface area contributed by atoms with Crippen molar-refractivity contribution < 1.29 is 14.6 Å². The number of unbranched alkanes of at least 4 members (excludes halogenated alkanes) is 12. The SMILES string of the molecule is CCCCCCCCCCCCCCCC(=O)Nc1ccn([C@H]2C=C[C@@H](CO)O2)c(=O)n1. The Hall–Kier alpha value is -1.99. The van der Waals surface area contributed by atoms with Crippen molar-refractivity contribution in [2.45, 2.75) is 109 Å². The number of amides is 1. The Balaban J connectivity index is 1.51. The van der Waals surface area contributed by atoms with Crippen molar-refractivity contribution >= 4 is 11.7 Å². The zero-order valence-corrected chi connectivity index (χ0v) is 19.6. The van der Waals surface area contributed by atoms with Gasteiger partial charge in [-0.25, -0.2) is 4.79 Å². The summed E-state index contributed by atoms with van der Waals surface area (Å²) in [5.41, 5.74) is -0.503. The molecule has 1 aliphatic heterocycles. The molecule has 0 unspecified atom stereocenters. The summed E-state index contributed by atoms with van der Waals surface area (Å²) in [4.78, 5) is 28.3. The number of nitrogens with one attached hydrogen (secondary N) is 1. The molecule has 32 heavy (non-hydrogen) atoms. The summed E-state index contributed by atoms with van der Waals surface area (Å²) in [6.45, 7) is 2.12. The number of carbonyl (C=O) groups excluding carboxylic acids is 1.